The van der Waals surface area contributed by atoms with E-state index in [0.29, 0.717) is 22.1 Å². The first-order valence-electron chi connectivity index (χ1n) is 12.4. The Balaban J connectivity index is 1.39. The van der Waals surface area contributed by atoms with Crippen molar-refractivity contribution < 1.29 is 4.79 Å². The minimum atomic E-state index is -0.388. The number of fused-ring (bicyclic) bond motifs is 1. The zero-order valence-corrected chi connectivity index (χ0v) is 22.1. The van der Waals surface area contributed by atoms with E-state index in [2.05, 4.69) is 63.6 Å². The average molecular weight is 515 g/mol. The molecule has 2 fully saturated rings. The number of imidazole rings is 1. The van der Waals surface area contributed by atoms with Crippen LogP contribution in [0.15, 0.2) is 42.7 Å². The Hall–Kier alpha value is -2.12. The number of aldehydes is 1. The quantitative estimate of drug-likeness (QED) is 0.460. The summed E-state index contributed by atoms with van der Waals surface area (Å²) in [5, 5.41) is 4.74. The van der Waals surface area contributed by atoms with Gasteiger partial charge < -0.3 is 19.6 Å². The fourth-order valence-corrected chi connectivity index (χ4v) is 6.30. The second-order valence-electron chi connectivity index (χ2n) is 10.3. The Morgan fingerprint density at radius 3 is 2.71 bits per heavy atom. The fourth-order valence-electron chi connectivity index (χ4n) is 5.73. The van der Waals surface area contributed by atoms with E-state index < -0.39 is 0 Å². The molecule has 1 aromatic heterocycles. The Morgan fingerprint density at radius 2 is 2.00 bits per heavy atom. The molecule has 1 unspecified atom stereocenters. The minimum Gasteiger partial charge on any atom is -0.366 e. The highest BCUT2D eigenvalue weighted by Gasteiger charge is 2.39. The molecule has 1 N–H and O–H groups in total. The number of hydrogen-bond acceptors (Lipinski definition) is 5. The first kappa shape index (κ1) is 24.6. The number of halogens is 2. The largest absolute Gasteiger partial charge is 0.366 e. The third-order valence-corrected chi connectivity index (χ3v) is 8.38. The van der Waals surface area contributed by atoms with Crippen LogP contribution in [-0.4, -0.2) is 64.5 Å². The number of nitrogens with one attached hydrogen (secondary N) is 1. The molecule has 5 rings (SSSR count). The van der Waals surface area contributed by atoms with E-state index in [4.69, 9.17) is 23.2 Å². The molecule has 0 saturated carbocycles. The third kappa shape index (κ3) is 4.69. The van der Waals surface area contributed by atoms with Crippen LogP contribution in [0.2, 0.25) is 10.0 Å². The van der Waals surface area contributed by atoms with Crippen molar-refractivity contribution in [3.63, 3.8) is 0 Å². The van der Waals surface area contributed by atoms with E-state index in [1.54, 1.807) is 6.07 Å². The van der Waals surface area contributed by atoms with Crippen LogP contribution >= 0.6 is 23.2 Å². The van der Waals surface area contributed by atoms with Gasteiger partial charge >= 0.3 is 0 Å². The van der Waals surface area contributed by atoms with Gasteiger partial charge in [-0.25, -0.2) is 4.98 Å². The van der Waals surface area contributed by atoms with Crippen LogP contribution in [-0.2, 0) is 4.79 Å². The molecule has 186 valence electrons. The highest BCUT2D eigenvalue weighted by molar-refractivity contribution is 6.35. The molecular weight excluding hydrogens is 481 g/mol. The lowest BCUT2D eigenvalue weighted by atomic mass is 9.96. The molecule has 8 heteroatoms. The Labute approximate surface area is 217 Å². The van der Waals surface area contributed by atoms with Gasteiger partial charge in [-0.05, 0) is 76.1 Å². The number of carbonyl (C=O) groups is 1. The van der Waals surface area contributed by atoms with E-state index in [1.165, 1.54) is 5.69 Å². The van der Waals surface area contributed by atoms with Crippen molar-refractivity contribution in [1.82, 2.24) is 19.8 Å². The molecule has 0 bridgehead atoms. The van der Waals surface area contributed by atoms with Gasteiger partial charge in [-0.1, -0.05) is 29.3 Å². The number of nitrogens with zero attached hydrogens (tertiary/aromatic N) is 4. The summed E-state index contributed by atoms with van der Waals surface area (Å²) in [6, 6.07) is 12.9. The first-order valence-corrected chi connectivity index (χ1v) is 13.2. The molecule has 0 amide bonds. The zero-order valence-electron chi connectivity index (χ0n) is 20.5. The standard InChI is InChI=1S/C27H33Cl2N5O/c1-18-14-33(19(2)13-32(18)15-27(16-35)9-4-10-31-27)22-6-8-25-26(12-22)34(17-30-25)20(3)23-7-5-21(28)11-24(23)29/h5-8,11-12,16-20,31H,4,9-10,13-15H2,1-3H3/t18-,19+,20-,27?/m1/s1. The van der Waals surface area contributed by atoms with Gasteiger partial charge in [0, 0.05) is 47.5 Å². The van der Waals surface area contributed by atoms with Crippen LogP contribution in [0.4, 0.5) is 5.69 Å². The lowest BCUT2D eigenvalue weighted by Gasteiger charge is -2.47. The van der Waals surface area contributed by atoms with Crippen molar-refractivity contribution in [2.75, 3.05) is 31.1 Å². The van der Waals surface area contributed by atoms with E-state index in [1.807, 2.05) is 18.5 Å². The number of hydrogen-bond donors (Lipinski definition) is 1. The molecule has 2 saturated heterocycles. The molecule has 2 aromatic carbocycles. The van der Waals surface area contributed by atoms with Crippen molar-refractivity contribution in [1.29, 1.82) is 0 Å². The maximum Gasteiger partial charge on any atom is 0.141 e. The van der Waals surface area contributed by atoms with Gasteiger partial charge in [0.2, 0.25) is 0 Å². The summed E-state index contributed by atoms with van der Waals surface area (Å²) in [6.07, 6.45) is 5.01. The maximum atomic E-state index is 11.9. The SMILES string of the molecule is C[C@@H]1CN(c2ccc3ncn([C@H](C)c4ccc(Cl)cc4Cl)c3c2)[C@@H](C)CN1CC1(C=O)CCCN1. The van der Waals surface area contributed by atoms with Crippen LogP contribution < -0.4 is 10.2 Å². The first-order chi connectivity index (χ1) is 16.8. The number of piperazine rings is 1. The normalized spacial score (nSPS) is 26.4. The lowest BCUT2D eigenvalue weighted by Crippen LogP contribution is -2.61. The van der Waals surface area contributed by atoms with Gasteiger partial charge in [-0.3, -0.25) is 4.90 Å². The topological polar surface area (TPSA) is 53.4 Å². The van der Waals surface area contributed by atoms with Gasteiger partial charge in [0.25, 0.3) is 0 Å². The minimum absolute atomic E-state index is 0.0200. The Morgan fingerprint density at radius 1 is 1.17 bits per heavy atom. The van der Waals surface area contributed by atoms with Gasteiger partial charge in [-0.15, -0.1) is 0 Å². The highest BCUT2D eigenvalue weighted by atomic mass is 35.5. The molecule has 3 heterocycles. The second kappa shape index (κ2) is 9.74. The molecular formula is C27H33Cl2N5O. The zero-order chi connectivity index (χ0) is 24.7. The van der Waals surface area contributed by atoms with E-state index >= 15 is 0 Å². The van der Waals surface area contributed by atoms with Gasteiger partial charge in [0.05, 0.1) is 28.9 Å². The van der Waals surface area contributed by atoms with Crippen molar-refractivity contribution in [2.45, 2.75) is 57.3 Å². The highest BCUT2D eigenvalue weighted by Crippen LogP contribution is 2.33. The number of aromatic nitrogens is 2. The molecule has 2 aliphatic rings. The van der Waals surface area contributed by atoms with E-state index in [-0.39, 0.29) is 11.6 Å². The van der Waals surface area contributed by atoms with Crippen LogP contribution in [0.1, 0.15) is 45.2 Å². The molecule has 4 atom stereocenters. The van der Waals surface area contributed by atoms with Gasteiger partial charge in [-0.2, -0.15) is 0 Å². The monoisotopic (exact) mass is 513 g/mol. The molecule has 0 spiro atoms. The van der Waals surface area contributed by atoms with Crippen molar-refractivity contribution >= 4 is 46.2 Å². The summed E-state index contributed by atoms with van der Waals surface area (Å²) in [4.78, 5) is 21.5. The lowest BCUT2D eigenvalue weighted by molar-refractivity contribution is -0.114. The second-order valence-corrected chi connectivity index (χ2v) is 11.1. The number of anilines is 1. The molecule has 35 heavy (non-hydrogen) atoms. The summed E-state index contributed by atoms with van der Waals surface area (Å²) in [5.74, 6) is 0. The van der Waals surface area contributed by atoms with E-state index in [9.17, 15) is 4.79 Å². The van der Waals surface area contributed by atoms with Gasteiger partial charge in [0.15, 0.2) is 0 Å². The van der Waals surface area contributed by atoms with Crippen molar-refractivity contribution in [3.05, 3.63) is 58.3 Å². The predicted molar refractivity (Wildman–Crippen MR) is 144 cm³/mol. The average Bonchev–Trinajstić information content (AvgIpc) is 3.48. The van der Waals surface area contributed by atoms with Crippen molar-refractivity contribution in [3.8, 4) is 0 Å². The molecule has 3 aromatic rings. The molecule has 2 aliphatic heterocycles. The van der Waals surface area contributed by atoms with Crippen LogP contribution in [0.5, 0.6) is 0 Å². The smallest absolute Gasteiger partial charge is 0.141 e. The third-order valence-electron chi connectivity index (χ3n) is 7.82. The Bertz CT molecular complexity index is 1220. The van der Waals surface area contributed by atoms with Crippen LogP contribution in [0.3, 0.4) is 0 Å². The molecule has 6 nitrogen and oxygen atoms in total. The summed E-state index contributed by atoms with van der Waals surface area (Å²) in [7, 11) is 0. The summed E-state index contributed by atoms with van der Waals surface area (Å²) in [6.45, 7) is 10.2. The van der Waals surface area contributed by atoms with Crippen LogP contribution in [0, 0.1) is 0 Å². The maximum absolute atomic E-state index is 11.9. The molecule has 0 radical (unpaired) electrons. The predicted octanol–water partition coefficient (Wildman–Crippen LogP) is 5.17. The van der Waals surface area contributed by atoms with Crippen molar-refractivity contribution in [2.24, 2.45) is 0 Å². The number of carbonyl (C=O) groups excluding carboxylic acids is 1. The molecule has 0 aliphatic carbocycles. The summed E-state index contributed by atoms with van der Waals surface area (Å²) < 4.78 is 2.18. The van der Waals surface area contributed by atoms with Gasteiger partial charge in [0.1, 0.15) is 6.29 Å². The summed E-state index contributed by atoms with van der Waals surface area (Å²) in [5.41, 5.74) is 3.86. The fraction of sp³-hybridized carbons (Fsp3) is 0.481. The number of benzene rings is 2. The summed E-state index contributed by atoms with van der Waals surface area (Å²) >= 11 is 12.6. The Kier molecular flexibility index (Phi) is 6.83. The van der Waals surface area contributed by atoms with Crippen LogP contribution in [0.25, 0.3) is 11.0 Å². The number of rotatable bonds is 6. The van der Waals surface area contributed by atoms with E-state index in [0.717, 1.165) is 61.9 Å².